The standard InChI is InChI=1S/C20H23FN2O4/c1-13-4-7-17(18(10-13)26-3)27-12-19(24)22-8-9-23-20(25)15-6-5-14(2)16(21)11-15/h4-7,10-11H,8-9,12H2,1-3H3,(H,22,24)(H,23,25). The van der Waals surface area contributed by atoms with E-state index in [2.05, 4.69) is 10.6 Å². The van der Waals surface area contributed by atoms with E-state index in [1.165, 1.54) is 13.2 Å². The molecule has 0 aliphatic rings. The van der Waals surface area contributed by atoms with Gasteiger partial charge in [0.2, 0.25) is 0 Å². The first kappa shape index (κ1) is 20.2. The largest absolute Gasteiger partial charge is 0.493 e. The van der Waals surface area contributed by atoms with Crippen LogP contribution in [0.25, 0.3) is 0 Å². The zero-order valence-electron chi connectivity index (χ0n) is 15.6. The molecule has 6 nitrogen and oxygen atoms in total. The number of rotatable bonds is 8. The van der Waals surface area contributed by atoms with Crippen LogP contribution in [0.2, 0.25) is 0 Å². The number of nitrogens with one attached hydrogen (secondary N) is 2. The summed E-state index contributed by atoms with van der Waals surface area (Å²) in [6, 6.07) is 9.70. The van der Waals surface area contributed by atoms with E-state index in [-0.39, 0.29) is 31.2 Å². The molecule has 2 N–H and O–H groups in total. The molecule has 0 bridgehead atoms. The summed E-state index contributed by atoms with van der Waals surface area (Å²) in [5, 5.41) is 5.25. The summed E-state index contributed by atoms with van der Waals surface area (Å²) in [6.07, 6.45) is 0. The highest BCUT2D eigenvalue weighted by atomic mass is 19.1. The predicted octanol–water partition coefficient (Wildman–Crippen LogP) is 2.38. The van der Waals surface area contributed by atoms with Crippen LogP contribution in [0.4, 0.5) is 4.39 Å². The molecule has 0 saturated carbocycles. The molecular weight excluding hydrogens is 351 g/mol. The lowest BCUT2D eigenvalue weighted by Crippen LogP contribution is -2.36. The van der Waals surface area contributed by atoms with Crippen LogP contribution in [0, 0.1) is 19.7 Å². The van der Waals surface area contributed by atoms with Gasteiger partial charge < -0.3 is 20.1 Å². The molecule has 2 rings (SSSR count). The molecule has 0 saturated heterocycles. The molecule has 0 heterocycles. The monoisotopic (exact) mass is 374 g/mol. The molecule has 0 aliphatic heterocycles. The Morgan fingerprint density at radius 2 is 1.74 bits per heavy atom. The van der Waals surface area contributed by atoms with Crippen LogP contribution in [0.1, 0.15) is 21.5 Å². The van der Waals surface area contributed by atoms with E-state index < -0.39 is 11.7 Å². The van der Waals surface area contributed by atoms with Crippen molar-refractivity contribution in [2.24, 2.45) is 0 Å². The van der Waals surface area contributed by atoms with Crippen LogP contribution < -0.4 is 20.1 Å². The first-order valence-electron chi connectivity index (χ1n) is 8.49. The average Bonchev–Trinajstić information content (AvgIpc) is 2.66. The third-order valence-electron chi connectivity index (χ3n) is 3.84. The van der Waals surface area contributed by atoms with Crippen LogP contribution >= 0.6 is 0 Å². The number of ether oxygens (including phenoxy) is 2. The summed E-state index contributed by atoms with van der Waals surface area (Å²) < 4.78 is 24.1. The summed E-state index contributed by atoms with van der Waals surface area (Å²) in [4.78, 5) is 23.8. The van der Waals surface area contributed by atoms with Crippen molar-refractivity contribution in [3.05, 3.63) is 58.9 Å². The molecule has 144 valence electrons. The Morgan fingerprint density at radius 3 is 2.44 bits per heavy atom. The lowest BCUT2D eigenvalue weighted by molar-refractivity contribution is -0.123. The Bertz CT molecular complexity index is 824. The number of methoxy groups -OCH3 is 1. The number of hydrogen-bond donors (Lipinski definition) is 2. The van der Waals surface area contributed by atoms with Crippen molar-refractivity contribution in [3.63, 3.8) is 0 Å². The fraction of sp³-hybridized carbons (Fsp3) is 0.300. The molecule has 0 unspecified atom stereocenters. The lowest BCUT2D eigenvalue weighted by Gasteiger charge is -2.11. The van der Waals surface area contributed by atoms with Gasteiger partial charge in [0.15, 0.2) is 18.1 Å². The smallest absolute Gasteiger partial charge is 0.258 e. The van der Waals surface area contributed by atoms with Crippen molar-refractivity contribution in [1.82, 2.24) is 10.6 Å². The number of benzene rings is 2. The maximum absolute atomic E-state index is 13.5. The minimum Gasteiger partial charge on any atom is -0.493 e. The van der Waals surface area contributed by atoms with E-state index in [9.17, 15) is 14.0 Å². The summed E-state index contributed by atoms with van der Waals surface area (Å²) in [5.74, 6) is -0.120. The molecule has 0 aromatic heterocycles. The number of carbonyl (C=O) groups is 2. The highest BCUT2D eigenvalue weighted by Crippen LogP contribution is 2.27. The van der Waals surface area contributed by atoms with E-state index in [0.29, 0.717) is 17.1 Å². The van der Waals surface area contributed by atoms with Gasteiger partial charge in [0.05, 0.1) is 7.11 Å². The Kier molecular flexibility index (Phi) is 7.16. The van der Waals surface area contributed by atoms with Gasteiger partial charge in [-0.25, -0.2) is 4.39 Å². The van der Waals surface area contributed by atoms with Gasteiger partial charge in [-0.2, -0.15) is 0 Å². The van der Waals surface area contributed by atoms with Crippen molar-refractivity contribution >= 4 is 11.8 Å². The van der Waals surface area contributed by atoms with Gasteiger partial charge >= 0.3 is 0 Å². The second kappa shape index (κ2) is 9.56. The van der Waals surface area contributed by atoms with Crippen molar-refractivity contribution < 1.29 is 23.5 Å². The van der Waals surface area contributed by atoms with Crippen molar-refractivity contribution in [3.8, 4) is 11.5 Å². The summed E-state index contributed by atoms with van der Waals surface area (Å²) >= 11 is 0. The van der Waals surface area contributed by atoms with E-state index in [4.69, 9.17) is 9.47 Å². The molecule has 2 amide bonds. The lowest BCUT2D eigenvalue weighted by atomic mass is 10.1. The number of carbonyl (C=O) groups excluding carboxylic acids is 2. The van der Waals surface area contributed by atoms with E-state index >= 15 is 0 Å². The zero-order chi connectivity index (χ0) is 19.8. The molecular formula is C20H23FN2O4. The van der Waals surface area contributed by atoms with Gasteiger partial charge in [0.25, 0.3) is 11.8 Å². The summed E-state index contributed by atoms with van der Waals surface area (Å²) in [5.41, 5.74) is 1.73. The van der Waals surface area contributed by atoms with Gasteiger partial charge in [0.1, 0.15) is 5.82 Å². The predicted molar refractivity (Wildman–Crippen MR) is 99.7 cm³/mol. The first-order chi connectivity index (χ1) is 12.9. The minimum absolute atomic E-state index is 0.170. The maximum Gasteiger partial charge on any atom is 0.258 e. The molecule has 27 heavy (non-hydrogen) atoms. The van der Waals surface area contributed by atoms with E-state index in [0.717, 1.165) is 5.56 Å². The molecule has 2 aromatic rings. The third-order valence-corrected chi connectivity index (χ3v) is 3.84. The van der Waals surface area contributed by atoms with Gasteiger partial charge in [-0.1, -0.05) is 12.1 Å². The topological polar surface area (TPSA) is 76.7 Å². The third kappa shape index (κ3) is 5.99. The Balaban J connectivity index is 1.71. The van der Waals surface area contributed by atoms with Crippen LogP contribution in [-0.4, -0.2) is 38.6 Å². The number of aryl methyl sites for hydroxylation is 2. The molecule has 0 aliphatic carbocycles. The molecule has 0 fully saturated rings. The highest BCUT2D eigenvalue weighted by molar-refractivity contribution is 5.94. The number of hydrogen-bond acceptors (Lipinski definition) is 4. The highest BCUT2D eigenvalue weighted by Gasteiger charge is 2.09. The van der Waals surface area contributed by atoms with E-state index in [1.54, 1.807) is 25.1 Å². The van der Waals surface area contributed by atoms with Gasteiger partial charge in [0, 0.05) is 18.7 Å². The van der Waals surface area contributed by atoms with E-state index in [1.807, 2.05) is 19.1 Å². The number of amides is 2. The van der Waals surface area contributed by atoms with Crippen LogP contribution in [0.15, 0.2) is 36.4 Å². The van der Waals surface area contributed by atoms with Gasteiger partial charge in [-0.15, -0.1) is 0 Å². The van der Waals surface area contributed by atoms with Crippen LogP contribution in [0.5, 0.6) is 11.5 Å². The Labute approximate surface area is 157 Å². The minimum atomic E-state index is -0.431. The quantitative estimate of drug-likeness (QED) is 0.696. The summed E-state index contributed by atoms with van der Waals surface area (Å²) in [6.45, 7) is 3.83. The Hall–Kier alpha value is -3.09. The summed E-state index contributed by atoms with van der Waals surface area (Å²) in [7, 11) is 1.53. The average molecular weight is 374 g/mol. The van der Waals surface area contributed by atoms with Crippen molar-refractivity contribution in [2.45, 2.75) is 13.8 Å². The molecule has 0 radical (unpaired) electrons. The molecule has 2 aromatic carbocycles. The second-order valence-electron chi connectivity index (χ2n) is 6.01. The maximum atomic E-state index is 13.5. The fourth-order valence-corrected chi connectivity index (χ4v) is 2.30. The Morgan fingerprint density at radius 1 is 1.00 bits per heavy atom. The van der Waals surface area contributed by atoms with Crippen molar-refractivity contribution in [2.75, 3.05) is 26.8 Å². The molecule has 0 spiro atoms. The van der Waals surface area contributed by atoms with Crippen molar-refractivity contribution in [1.29, 1.82) is 0 Å². The normalized spacial score (nSPS) is 10.2. The van der Waals surface area contributed by atoms with Gasteiger partial charge in [-0.3, -0.25) is 9.59 Å². The first-order valence-corrected chi connectivity index (χ1v) is 8.49. The van der Waals surface area contributed by atoms with Gasteiger partial charge in [-0.05, 0) is 49.2 Å². The van der Waals surface area contributed by atoms with Crippen LogP contribution in [0.3, 0.4) is 0 Å². The number of halogens is 1. The molecule has 7 heteroatoms. The second-order valence-corrected chi connectivity index (χ2v) is 6.01. The fourth-order valence-electron chi connectivity index (χ4n) is 2.30. The zero-order valence-corrected chi connectivity index (χ0v) is 15.6. The van der Waals surface area contributed by atoms with Crippen LogP contribution in [-0.2, 0) is 4.79 Å². The molecule has 0 atom stereocenters. The SMILES string of the molecule is COc1cc(C)ccc1OCC(=O)NCCNC(=O)c1ccc(C)c(F)c1.